The van der Waals surface area contributed by atoms with Gasteiger partial charge in [0.2, 0.25) is 0 Å². The van der Waals surface area contributed by atoms with Crippen LogP contribution in [0, 0.1) is 0 Å². The van der Waals surface area contributed by atoms with Gasteiger partial charge in [-0.3, -0.25) is 0 Å². The summed E-state index contributed by atoms with van der Waals surface area (Å²) in [5.74, 6) is 2.06. The molecule has 3 atom stereocenters. The van der Waals surface area contributed by atoms with E-state index in [-0.39, 0.29) is 0 Å². The number of unbranched alkanes of at least 4 members (excludes halogenated alkanes) is 39. The highest BCUT2D eigenvalue weighted by Crippen LogP contribution is 2.41. The van der Waals surface area contributed by atoms with Crippen molar-refractivity contribution in [1.29, 1.82) is 0 Å². The summed E-state index contributed by atoms with van der Waals surface area (Å²) in [6.45, 7) is 14.2. The average molecular weight is 852 g/mol. The van der Waals surface area contributed by atoms with Gasteiger partial charge in [-0.05, 0) is 53.7 Å². The Kier molecular flexibility index (Phi) is 42.1. The molecule has 61 heavy (non-hydrogen) atoms. The summed E-state index contributed by atoms with van der Waals surface area (Å²) in [5.41, 5.74) is 4.00. The summed E-state index contributed by atoms with van der Waals surface area (Å²) in [6.07, 6.45) is 63.1. The van der Waals surface area contributed by atoms with Gasteiger partial charge in [0.05, 0.1) is 0 Å². The smallest absolute Gasteiger partial charge is 0.122 e. The van der Waals surface area contributed by atoms with Crippen molar-refractivity contribution in [3.8, 4) is 5.75 Å². The fourth-order valence-electron chi connectivity index (χ4n) is 10.2. The number of phenolic OH excluding ortho intramolecular Hbond substituents is 1. The van der Waals surface area contributed by atoms with Gasteiger partial charge in [-0.25, -0.2) is 0 Å². The highest BCUT2D eigenvalue weighted by atomic mass is 16.3. The minimum absolute atomic E-state index is 0.428. The molecule has 3 unspecified atom stereocenters. The number of phenols is 1. The van der Waals surface area contributed by atoms with E-state index in [1.54, 1.807) is 0 Å². The van der Waals surface area contributed by atoms with Crippen LogP contribution in [-0.2, 0) is 0 Å². The predicted octanol–water partition coefficient (Wildman–Crippen LogP) is 22.3. The molecule has 1 aromatic rings. The zero-order valence-corrected chi connectivity index (χ0v) is 43.2. The molecule has 0 saturated carbocycles. The van der Waals surface area contributed by atoms with Gasteiger partial charge in [-0.2, -0.15) is 0 Å². The third kappa shape index (κ3) is 34.1. The Morgan fingerprint density at radius 1 is 0.279 bits per heavy atom. The molecule has 0 heterocycles. The SMILES string of the molecule is CCCCCCCCCCCCCCCCC(C)c1cc(C(C)CCCCCCCCCCCCCCCC)c(O)c(C(C)CCCCCCCCCCCCCCCC)c1. The van der Waals surface area contributed by atoms with Crippen LogP contribution in [0.15, 0.2) is 12.1 Å². The lowest BCUT2D eigenvalue weighted by molar-refractivity contribution is 0.440. The van der Waals surface area contributed by atoms with Gasteiger partial charge in [0, 0.05) is 0 Å². The van der Waals surface area contributed by atoms with E-state index in [0.717, 1.165) is 0 Å². The van der Waals surface area contributed by atoms with Crippen LogP contribution in [0.1, 0.15) is 365 Å². The van der Waals surface area contributed by atoms with Gasteiger partial charge < -0.3 is 5.11 Å². The number of hydrogen-bond donors (Lipinski definition) is 1. The number of aromatic hydroxyl groups is 1. The molecular weight excluding hydrogens is 737 g/mol. The number of benzene rings is 1. The minimum atomic E-state index is 0.428. The Balaban J connectivity index is 2.55. The maximum absolute atomic E-state index is 11.9. The molecule has 0 spiro atoms. The fourth-order valence-corrected chi connectivity index (χ4v) is 10.2. The van der Waals surface area contributed by atoms with Crippen molar-refractivity contribution in [2.75, 3.05) is 0 Å². The van der Waals surface area contributed by atoms with Gasteiger partial charge >= 0.3 is 0 Å². The molecule has 1 nitrogen and oxygen atoms in total. The fraction of sp³-hybridized carbons (Fsp3) is 0.900. The zero-order chi connectivity index (χ0) is 44.3. The van der Waals surface area contributed by atoms with Crippen LogP contribution in [0.25, 0.3) is 0 Å². The lowest BCUT2D eigenvalue weighted by Gasteiger charge is -2.23. The summed E-state index contributed by atoms with van der Waals surface area (Å²) < 4.78 is 0. The molecule has 1 rings (SSSR count). The maximum atomic E-state index is 11.9. The van der Waals surface area contributed by atoms with Gasteiger partial charge in [0.1, 0.15) is 5.75 Å². The van der Waals surface area contributed by atoms with Crippen LogP contribution in [0.4, 0.5) is 0 Å². The first-order valence-electron chi connectivity index (χ1n) is 28.8. The second-order valence-corrected chi connectivity index (χ2v) is 20.9. The Bertz CT molecular complexity index is 967. The van der Waals surface area contributed by atoms with E-state index in [1.165, 1.54) is 306 Å². The van der Waals surface area contributed by atoms with Crippen LogP contribution in [0.2, 0.25) is 0 Å². The molecule has 0 aliphatic rings. The topological polar surface area (TPSA) is 20.2 Å². The Morgan fingerprint density at radius 2 is 0.459 bits per heavy atom. The molecule has 1 N–H and O–H groups in total. The number of hydrogen-bond acceptors (Lipinski definition) is 1. The first-order valence-corrected chi connectivity index (χ1v) is 28.8. The lowest BCUT2D eigenvalue weighted by Crippen LogP contribution is -2.05. The van der Waals surface area contributed by atoms with E-state index in [0.29, 0.717) is 23.5 Å². The van der Waals surface area contributed by atoms with Gasteiger partial charge in [-0.15, -0.1) is 0 Å². The van der Waals surface area contributed by atoms with Crippen molar-refractivity contribution < 1.29 is 5.11 Å². The van der Waals surface area contributed by atoms with Crippen molar-refractivity contribution in [1.82, 2.24) is 0 Å². The van der Waals surface area contributed by atoms with Gasteiger partial charge in [0.25, 0.3) is 0 Å². The first-order chi connectivity index (χ1) is 30.0. The highest BCUT2D eigenvalue weighted by molar-refractivity contribution is 5.48. The summed E-state index contributed by atoms with van der Waals surface area (Å²) in [4.78, 5) is 0. The van der Waals surface area contributed by atoms with Crippen molar-refractivity contribution in [2.45, 2.75) is 348 Å². The van der Waals surface area contributed by atoms with Crippen molar-refractivity contribution >= 4 is 0 Å². The van der Waals surface area contributed by atoms with Crippen molar-refractivity contribution in [2.24, 2.45) is 0 Å². The van der Waals surface area contributed by atoms with Crippen LogP contribution >= 0.6 is 0 Å². The summed E-state index contributed by atoms with van der Waals surface area (Å²) in [5, 5.41) is 11.9. The van der Waals surface area contributed by atoms with E-state index in [9.17, 15) is 5.11 Å². The normalized spacial score (nSPS) is 13.3. The standard InChI is InChI=1S/C60H114O/c1-7-10-13-16-19-22-25-28-31-34-37-40-43-46-49-54(4)57-52-58(55(5)50-47-44-41-38-35-32-29-26-23-20-17-14-11-8-2)60(61)59(53-57)56(6)51-48-45-42-39-36-33-30-27-24-21-18-15-12-9-3/h52-56,61H,7-51H2,1-6H3. The summed E-state index contributed by atoms with van der Waals surface area (Å²) in [7, 11) is 0. The van der Waals surface area contributed by atoms with Crippen LogP contribution in [0.3, 0.4) is 0 Å². The van der Waals surface area contributed by atoms with E-state index in [1.807, 2.05) is 0 Å². The number of rotatable bonds is 48. The van der Waals surface area contributed by atoms with Crippen molar-refractivity contribution in [3.63, 3.8) is 0 Å². The molecule has 1 aromatic carbocycles. The summed E-state index contributed by atoms with van der Waals surface area (Å²) >= 11 is 0. The second kappa shape index (κ2) is 44.2. The largest absolute Gasteiger partial charge is 0.507 e. The Morgan fingerprint density at radius 3 is 0.672 bits per heavy atom. The van der Waals surface area contributed by atoms with Crippen LogP contribution < -0.4 is 0 Å². The quantitative estimate of drug-likeness (QED) is 0.0648. The minimum Gasteiger partial charge on any atom is -0.507 e. The predicted molar refractivity (Wildman–Crippen MR) is 278 cm³/mol. The van der Waals surface area contributed by atoms with Crippen LogP contribution in [-0.4, -0.2) is 5.11 Å². The molecule has 0 saturated heterocycles. The Hall–Kier alpha value is -0.980. The molecule has 0 aliphatic carbocycles. The monoisotopic (exact) mass is 851 g/mol. The molecule has 0 fully saturated rings. The van der Waals surface area contributed by atoms with Crippen molar-refractivity contribution in [3.05, 3.63) is 28.8 Å². The van der Waals surface area contributed by atoms with Crippen LogP contribution in [0.5, 0.6) is 5.75 Å². The van der Waals surface area contributed by atoms with E-state index >= 15 is 0 Å². The molecule has 1 heteroatoms. The van der Waals surface area contributed by atoms with E-state index in [2.05, 4.69) is 53.7 Å². The van der Waals surface area contributed by atoms with E-state index in [4.69, 9.17) is 0 Å². The molecular formula is C60H114O. The molecule has 0 amide bonds. The lowest BCUT2D eigenvalue weighted by atomic mass is 9.83. The molecule has 0 aromatic heterocycles. The molecule has 360 valence electrons. The molecule has 0 aliphatic heterocycles. The average Bonchev–Trinajstić information content (AvgIpc) is 3.26. The Labute approximate surface area is 386 Å². The molecule has 0 radical (unpaired) electrons. The van der Waals surface area contributed by atoms with Gasteiger partial charge in [-0.1, -0.05) is 323 Å². The summed E-state index contributed by atoms with van der Waals surface area (Å²) in [6, 6.07) is 4.89. The first kappa shape index (κ1) is 58.0. The third-order valence-corrected chi connectivity index (χ3v) is 14.8. The second-order valence-electron chi connectivity index (χ2n) is 20.9. The van der Waals surface area contributed by atoms with Gasteiger partial charge in [0.15, 0.2) is 0 Å². The zero-order valence-electron chi connectivity index (χ0n) is 43.2. The third-order valence-electron chi connectivity index (χ3n) is 14.8. The molecule has 0 bridgehead atoms. The highest BCUT2D eigenvalue weighted by Gasteiger charge is 2.21. The maximum Gasteiger partial charge on any atom is 0.122 e. The van der Waals surface area contributed by atoms with E-state index < -0.39 is 0 Å².